The second-order valence-electron chi connectivity index (χ2n) is 7.37. The molecule has 0 saturated heterocycles. The molecule has 1 aliphatic heterocycles. The highest BCUT2D eigenvalue weighted by molar-refractivity contribution is 7.37. The Hall–Kier alpha value is -2.59. The minimum Gasteiger partial charge on any atom is -0.339 e. The van der Waals surface area contributed by atoms with Crippen molar-refractivity contribution in [3.05, 3.63) is 88.9 Å². The van der Waals surface area contributed by atoms with Gasteiger partial charge in [0.1, 0.15) is 5.82 Å². The van der Waals surface area contributed by atoms with Crippen molar-refractivity contribution in [1.29, 1.82) is 0 Å². The van der Waals surface area contributed by atoms with Gasteiger partial charge in [0, 0.05) is 18.4 Å². The lowest BCUT2D eigenvalue weighted by Crippen LogP contribution is -2.06. The molecule has 2 heterocycles. The van der Waals surface area contributed by atoms with Crippen LogP contribution in [0.25, 0.3) is 5.70 Å². The molecule has 0 fully saturated rings. The molecule has 4 rings (SSSR count). The Labute approximate surface area is 175 Å². The Morgan fingerprint density at radius 3 is 2.87 bits per heavy atom. The monoisotopic (exact) mass is 429 g/mol. The van der Waals surface area contributed by atoms with Crippen molar-refractivity contribution in [2.24, 2.45) is 0 Å². The number of nitrogens with one attached hydrogen (secondary N) is 1. The van der Waals surface area contributed by atoms with Crippen LogP contribution in [-0.2, 0) is 25.3 Å². The van der Waals surface area contributed by atoms with E-state index in [0.29, 0.717) is 17.9 Å². The molecule has 3 nitrogen and oxygen atoms in total. The molecule has 2 aromatic carbocycles. The minimum atomic E-state index is -4.34. The van der Waals surface area contributed by atoms with Crippen LogP contribution in [0, 0.1) is 0 Å². The third kappa shape index (κ3) is 4.76. The van der Waals surface area contributed by atoms with Gasteiger partial charge in [0.15, 0.2) is 0 Å². The van der Waals surface area contributed by atoms with E-state index in [1.807, 2.05) is 19.2 Å². The van der Waals surface area contributed by atoms with Crippen LogP contribution in [0.4, 0.5) is 19.0 Å². The number of nitrogens with zero attached hydrogens (tertiary/aromatic N) is 2. The van der Waals surface area contributed by atoms with Gasteiger partial charge in [-0.05, 0) is 66.1 Å². The highest BCUT2D eigenvalue weighted by Gasteiger charge is 2.30. The number of anilines is 1. The SMILES string of the molecule is C/C=C(/Nc1cn(Cc2cccc(C(F)(F)F)c2)cn1)c1ccc2c(c1)CCPC2. The molecule has 0 saturated carbocycles. The first-order valence-corrected chi connectivity index (χ1v) is 11.3. The van der Waals surface area contributed by atoms with Gasteiger partial charge in [-0.3, -0.25) is 0 Å². The first-order chi connectivity index (χ1) is 14.4. The second-order valence-corrected chi connectivity index (χ2v) is 8.72. The summed E-state index contributed by atoms with van der Waals surface area (Å²) in [4.78, 5) is 4.37. The van der Waals surface area contributed by atoms with Gasteiger partial charge in [-0.15, -0.1) is 8.58 Å². The second kappa shape index (κ2) is 8.65. The molecule has 1 aliphatic rings. The number of hydrogen-bond acceptors (Lipinski definition) is 2. The lowest BCUT2D eigenvalue weighted by molar-refractivity contribution is -0.137. The van der Waals surface area contributed by atoms with E-state index >= 15 is 0 Å². The number of allylic oxidation sites excluding steroid dienone is 1. The average Bonchev–Trinajstić information content (AvgIpc) is 3.18. The maximum atomic E-state index is 12.9. The fourth-order valence-electron chi connectivity index (χ4n) is 3.66. The fourth-order valence-corrected chi connectivity index (χ4v) is 4.90. The highest BCUT2D eigenvalue weighted by atomic mass is 31.1. The molecule has 0 radical (unpaired) electrons. The van der Waals surface area contributed by atoms with Gasteiger partial charge in [-0.1, -0.05) is 30.3 Å². The topological polar surface area (TPSA) is 29.9 Å². The molecule has 30 heavy (non-hydrogen) atoms. The molecular formula is C23H23F3N3P. The molecule has 1 atom stereocenters. The Kier molecular flexibility index (Phi) is 5.96. The lowest BCUT2D eigenvalue weighted by Gasteiger charge is -2.18. The van der Waals surface area contributed by atoms with Crippen LogP contribution < -0.4 is 5.32 Å². The van der Waals surface area contributed by atoms with E-state index < -0.39 is 11.7 Å². The van der Waals surface area contributed by atoms with E-state index in [-0.39, 0.29) is 0 Å². The van der Waals surface area contributed by atoms with Crippen molar-refractivity contribution in [2.45, 2.75) is 32.2 Å². The summed E-state index contributed by atoms with van der Waals surface area (Å²) in [5.41, 5.74) is 4.90. The van der Waals surface area contributed by atoms with Crippen molar-refractivity contribution in [3.8, 4) is 0 Å². The molecule has 0 bridgehead atoms. The van der Waals surface area contributed by atoms with Crippen molar-refractivity contribution >= 4 is 20.1 Å². The Balaban J connectivity index is 1.47. The Morgan fingerprint density at radius 1 is 1.20 bits per heavy atom. The van der Waals surface area contributed by atoms with E-state index in [1.54, 1.807) is 17.0 Å². The Morgan fingerprint density at radius 2 is 2.07 bits per heavy atom. The van der Waals surface area contributed by atoms with Crippen LogP contribution in [0.1, 0.15) is 34.7 Å². The molecule has 1 unspecified atom stereocenters. The lowest BCUT2D eigenvalue weighted by atomic mass is 10.0. The van der Waals surface area contributed by atoms with Crippen LogP contribution in [-0.4, -0.2) is 15.7 Å². The van der Waals surface area contributed by atoms with Crippen LogP contribution in [0.3, 0.4) is 0 Å². The summed E-state index contributed by atoms with van der Waals surface area (Å²) < 4.78 is 40.6. The molecule has 3 aromatic rings. The number of aryl methyl sites for hydroxylation is 1. The Bertz CT molecular complexity index is 1070. The third-order valence-corrected chi connectivity index (χ3v) is 6.44. The number of fused-ring (bicyclic) bond motifs is 1. The van der Waals surface area contributed by atoms with Crippen molar-refractivity contribution in [2.75, 3.05) is 11.5 Å². The molecule has 7 heteroatoms. The summed E-state index contributed by atoms with van der Waals surface area (Å²) in [6.45, 7) is 2.30. The maximum Gasteiger partial charge on any atom is 0.416 e. The summed E-state index contributed by atoms with van der Waals surface area (Å²) in [6.07, 6.45) is 4.67. The van der Waals surface area contributed by atoms with Gasteiger partial charge in [-0.2, -0.15) is 13.2 Å². The predicted molar refractivity (Wildman–Crippen MR) is 117 cm³/mol. The highest BCUT2D eigenvalue weighted by Crippen LogP contribution is 2.31. The smallest absolute Gasteiger partial charge is 0.339 e. The number of imidazole rings is 1. The first-order valence-electron chi connectivity index (χ1n) is 9.86. The van der Waals surface area contributed by atoms with Gasteiger partial charge in [-0.25, -0.2) is 4.98 Å². The minimum absolute atomic E-state index is 0.323. The van der Waals surface area contributed by atoms with Crippen LogP contribution >= 0.6 is 8.58 Å². The molecule has 1 aromatic heterocycles. The number of hydrogen-bond donors (Lipinski definition) is 1. The zero-order chi connectivity index (χ0) is 21.1. The number of benzene rings is 2. The van der Waals surface area contributed by atoms with E-state index in [4.69, 9.17) is 0 Å². The quantitative estimate of drug-likeness (QED) is 0.493. The van der Waals surface area contributed by atoms with Crippen LogP contribution in [0.2, 0.25) is 0 Å². The summed E-state index contributed by atoms with van der Waals surface area (Å²) in [7, 11) is 1.02. The van der Waals surface area contributed by atoms with E-state index in [1.165, 1.54) is 35.6 Å². The molecule has 0 spiro atoms. The van der Waals surface area contributed by atoms with E-state index in [0.717, 1.165) is 32.3 Å². The summed E-state index contributed by atoms with van der Waals surface area (Å²) in [6, 6.07) is 12.0. The van der Waals surface area contributed by atoms with Gasteiger partial charge in [0.05, 0.1) is 11.9 Å². The summed E-state index contributed by atoms with van der Waals surface area (Å²) >= 11 is 0. The van der Waals surface area contributed by atoms with Gasteiger partial charge >= 0.3 is 6.18 Å². The van der Waals surface area contributed by atoms with Crippen LogP contribution in [0.5, 0.6) is 0 Å². The maximum absolute atomic E-state index is 12.9. The zero-order valence-corrected chi connectivity index (χ0v) is 17.6. The summed E-state index contributed by atoms with van der Waals surface area (Å²) in [5, 5.41) is 3.34. The molecule has 1 N–H and O–H groups in total. The zero-order valence-electron chi connectivity index (χ0n) is 16.6. The summed E-state index contributed by atoms with van der Waals surface area (Å²) in [5.74, 6) is 0.661. The number of alkyl halides is 3. The van der Waals surface area contributed by atoms with Crippen molar-refractivity contribution in [3.63, 3.8) is 0 Å². The van der Waals surface area contributed by atoms with Crippen LogP contribution in [0.15, 0.2) is 61.1 Å². The number of rotatable bonds is 5. The molecule has 156 valence electrons. The average molecular weight is 429 g/mol. The molecular weight excluding hydrogens is 406 g/mol. The van der Waals surface area contributed by atoms with E-state index in [2.05, 4.69) is 28.5 Å². The normalized spacial score (nSPS) is 15.3. The fraction of sp³-hybridized carbons (Fsp3) is 0.261. The van der Waals surface area contributed by atoms with Gasteiger partial charge in [0.2, 0.25) is 0 Å². The number of halogens is 3. The molecule has 0 amide bonds. The molecule has 0 aliphatic carbocycles. The number of aromatic nitrogens is 2. The largest absolute Gasteiger partial charge is 0.416 e. The van der Waals surface area contributed by atoms with Gasteiger partial charge in [0.25, 0.3) is 0 Å². The van der Waals surface area contributed by atoms with Gasteiger partial charge < -0.3 is 9.88 Å². The third-order valence-electron chi connectivity index (χ3n) is 5.21. The van der Waals surface area contributed by atoms with Crippen molar-refractivity contribution in [1.82, 2.24) is 9.55 Å². The van der Waals surface area contributed by atoms with Crippen molar-refractivity contribution < 1.29 is 13.2 Å². The standard InChI is InChI=1S/C23H23F3N3P/c1-2-21(18-6-7-19-14-30-9-8-17(19)11-18)28-22-13-29(15-27-22)12-16-4-3-5-20(10-16)23(24,25)26/h2-7,10-11,13,15,28,30H,8-9,12,14H2,1H3/b21-2+. The van der Waals surface area contributed by atoms with E-state index in [9.17, 15) is 13.2 Å². The predicted octanol–water partition coefficient (Wildman–Crippen LogP) is 6.16. The first kappa shape index (κ1) is 20.7.